The average Bonchev–Trinajstić information content (AvgIpc) is 1.86. The molecule has 1 aliphatic heterocycles. The van der Waals surface area contributed by atoms with Gasteiger partial charge in [0.1, 0.15) is 5.72 Å². The third-order valence-electron chi connectivity index (χ3n) is 1.68. The molecule has 1 atom stereocenters. The predicted molar refractivity (Wildman–Crippen MR) is 36.0 cm³/mol. The molecule has 0 aromatic rings. The highest BCUT2D eigenvalue weighted by molar-refractivity contribution is 5.47. The Morgan fingerprint density at radius 1 is 1.70 bits per heavy atom. The average molecular weight is 144 g/mol. The minimum absolute atomic E-state index is 0.260. The third kappa shape index (κ3) is 1.68. The summed E-state index contributed by atoms with van der Waals surface area (Å²) in [6, 6.07) is 0. The lowest BCUT2D eigenvalue weighted by Crippen LogP contribution is -2.53. The number of aliphatic hydroxyl groups is 1. The van der Waals surface area contributed by atoms with E-state index < -0.39 is 5.72 Å². The molecule has 1 aliphatic rings. The van der Waals surface area contributed by atoms with E-state index in [9.17, 15) is 9.90 Å². The van der Waals surface area contributed by atoms with Gasteiger partial charge in [-0.2, -0.15) is 0 Å². The van der Waals surface area contributed by atoms with E-state index in [1.807, 2.05) is 0 Å². The zero-order chi connectivity index (χ0) is 7.61. The van der Waals surface area contributed by atoms with Crippen LogP contribution in [0, 0.1) is 0 Å². The minimum atomic E-state index is -1.15. The van der Waals surface area contributed by atoms with E-state index in [0.29, 0.717) is 13.0 Å². The maximum Gasteiger partial charge on any atom is 0.209 e. The number of carbonyl (C=O) groups excluding carboxylic acids is 1. The van der Waals surface area contributed by atoms with Gasteiger partial charge in [-0.15, -0.1) is 0 Å². The maximum absolute atomic E-state index is 10.2. The number of piperidine rings is 1. The van der Waals surface area contributed by atoms with E-state index in [4.69, 9.17) is 5.73 Å². The standard InChI is InChI=1S/C6H12N2O2/c7-6(10)2-1-3-8(4-6)5-9/h5,10H,1-4,7H2. The van der Waals surface area contributed by atoms with Gasteiger partial charge in [-0.05, 0) is 12.8 Å². The Hall–Kier alpha value is -0.610. The molecule has 0 bridgehead atoms. The van der Waals surface area contributed by atoms with Gasteiger partial charge in [0.15, 0.2) is 0 Å². The number of nitrogens with two attached hydrogens (primary N) is 1. The molecule has 0 radical (unpaired) electrons. The number of carbonyl (C=O) groups is 1. The summed E-state index contributed by atoms with van der Waals surface area (Å²) in [6.45, 7) is 0.972. The second-order valence-corrected chi connectivity index (χ2v) is 2.78. The number of rotatable bonds is 1. The highest BCUT2D eigenvalue weighted by Crippen LogP contribution is 2.13. The van der Waals surface area contributed by atoms with Crippen LogP contribution in [0.3, 0.4) is 0 Å². The Bertz CT molecular complexity index is 136. The molecule has 1 unspecified atom stereocenters. The Morgan fingerprint density at radius 3 is 2.80 bits per heavy atom. The zero-order valence-corrected chi connectivity index (χ0v) is 5.79. The van der Waals surface area contributed by atoms with Gasteiger partial charge in [0.05, 0.1) is 6.54 Å². The smallest absolute Gasteiger partial charge is 0.209 e. The van der Waals surface area contributed by atoms with Crippen LogP contribution in [0.25, 0.3) is 0 Å². The molecular formula is C6H12N2O2. The van der Waals surface area contributed by atoms with E-state index in [-0.39, 0.29) is 6.54 Å². The normalized spacial score (nSPS) is 34.0. The first kappa shape index (κ1) is 7.50. The predicted octanol–water partition coefficient (Wildman–Crippen LogP) is -1.11. The van der Waals surface area contributed by atoms with Crippen LogP contribution in [0.2, 0.25) is 0 Å². The van der Waals surface area contributed by atoms with Crippen LogP contribution in [-0.2, 0) is 4.79 Å². The van der Waals surface area contributed by atoms with Crippen LogP contribution in [-0.4, -0.2) is 35.2 Å². The van der Waals surface area contributed by atoms with Crippen LogP contribution < -0.4 is 5.73 Å². The van der Waals surface area contributed by atoms with Crippen molar-refractivity contribution in [3.8, 4) is 0 Å². The zero-order valence-electron chi connectivity index (χ0n) is 5.79. The van der Waals surface area contributed by atoms with Gasteiger partial charge in [-0.25, -0.2) is 0 Å². The molecule has 0 saturated carbocycles. The van der Waals surface area contributed by atoms with Crippen LogP contribution in [0.15, 0.2) is 0 Å². The quantitative estimate of drug-likeness (QED) is 0.362. The van der Waals surface area contributed by atoms with Crippen molar-refractivity contribution in [2.45, 2.75) is 18.6 Å². The molecule has 1 heterocycles. The van der Waals surface area contributed by atoms with Gasteiger partial charge in [0.2, 0.25) is 6.41 Å². The highest BCUT2D eigenvalue weighted by Gasteiger charge is 2.27. The molecule has 58 valence electrons. The molecule has 4 nitrogen and oxygen atoms in total. The third-order valence-corrected chi connectivity index (χ3v) is 1.68. The van der Waals surface area contributed by atoms with Crippen LogP contribution >= 0.6 is 0 Å². The van der Waals surface area contributed by atoms with Crippen molar-refractivity contribution >= 4 is 6.41 Å². The Labute approximate surface area is 59.6 Å². The summed E-state index contributed by atoms with van der Waals surface area (Å²) in [4.78, 5) is 11.7. The monoisotopic (exact) mass is 144 g/mol. The molecule has 1 rings (SSSR count). The maximum atomic E-state index is 10.2. The molecular weight excluding hydrogens is 132 g/mol. The molecule has 0 spiro atoms. The molecule has 0 aromatic carbocycles. The number of hydrogen-bond donors (Lipinski definition) is 2. The summed E-state index contributed by atoms with van der Waals surface area (Å²) in [5, 5.41) is 9.25. The molecule has 3 N–H and O–H groups in total. The van der Waals surface area contributed by atoms with Gasteiger partial charge in [-0.3, -0.25) is 4.79 Å². The van der Waals surface area contributed by atoms with Gasteiger partial charge >= 0.3 is 0 Å². The van der Waals surface area contributed by atoms with Crippen molar-refractivity contribution < 1.29 is 9.90 Å². The molecule has 10 heavy (non-hydrogen) atoms. The first-order chi connectivity index (χ1) is 4.64. The Kier molecular flexibility index (Phi) is 1.92. The molecule has 0 aromatic heterocycles. The van der Waals surface area contributed by atoms with Crippen molar-refractivity contribution in [1.82, 2.24) is 4.90 Å². The van der Waals surface area contributed by atoms with Crippen molar-refractivity contribution in [1.29, 1.82) is 0 Å². The summed E-state index contributed by atoms with van der Waals surface area (Å²) in [5.74, 6) is 0. The van der Waals surface area contributed by atoms with E-state index >= 15 is 0 Å². The fraction of sp³-hybridized carbons (Fsp3) is 0.833. The molecule has 1 fully saturated rings. The first-order valence-electron chi connectivity index (χ1n) is 3.35. The summed E-state index contributed by atoms with van der Waals surface area (Å²) < 4.78 is 0. The second-order valence-electron chi connectivity index (χ2n) is 2.78. The van der Waals surface area contributed by atoms with Crippen molar-refractivity contribution in [2.75, 3.05) is 13.1 Å². The number of likely N-dealkylation sites (tertiary alicyclic amines) is 1. The number of nitrogens with zero attached hydrogens (tertiary/aromatic N) is 1. The minimum Gasteiger partial charge on any atom is -0.374 e. The molecule has 0 aliphatic carbocycles. The Morgan fingerprint density at radius 2 is 2.40 bits per heavy atom. The number of β-amino-alcohol motifs (C(OH)–C–C–N with tert-alkyl or cyclic N) is 1. The summed E-state index contributed by atoms with van der Waals surface area (Å²) in [6.07, 6.45) is 2.08. The topological polar surface area (TPSA) is 66.6 Å². The van der Waals surface area contributed by atoms with Gasteiger partial charge < -0.3 is 15.7 Å². The summed E-state index contributed by atoms with van der Waals surface area (Å²) >= 11 is 0. The lowest BCUT2D eigenvalue weighted by molar-refractivity contribution is -0.124. The van der Waals surface area contributed by atoms with Gasteiger partial charge in [0.25, 0.3) is 0 Å². The largest absolute Gasteiger partial charge is 0.374 e. The van der Waals surface area contributed by atoms with E-state index in [2.05, 4.69) is 0 Å². The van der Waals surface area contributed by atoms with E-state index in [1.54, 1.807) is 0 Å². The van der Waals surface area contributed by atoms with Crippen LogP contribution in [0.5, 0.6) is 0 Å². The molecule has 1 saturated heterocycles. The lowest BCUT2D eigenvalue weighted by Gasteiger charge is -2.34. The SMILES string of the molecule is NC1(O)CCCN(C=O)C1. The first-order valence-corrected chi connectivity index (χ1v) is 3.35. The van der Waals surface area contributed by atoms with Crippen LogP contribution in [0.4, 0.5) is 0 Å². The molecule has 4 heteroatoms. The fourth-order valence-corrected chi connectivity index (χ4v) is 1.19. The molecule has 1 amide bonds. The van der Waals surface area contributed by atoms with E-state index in [0.717, 1.165) is 12.8 Å². The fourth-order valence-electron chi connectivity index (χ4n) is 1.19. The lowest BCUT2D eigenvalue weighted by atomic mass is 10.0. The summed E-state index contributed by atoms with van der Waals surface area (Å²) in [7, 11) is 0. The number of hydrogen-bond acceptors (Lipinski definition) is 3. The van der Waals surface area contributed by atoms with Crippen molar-refractivity contribution in [3.63, 3.8) is 0 Å². The van der Waals surface area contributed by atoms with Crippen molar-refractivity contribution in [2.24, 2.45) is 5.73 Å². The summed E-state index contributed by atoms with van der Waals surface area (Å²) in [5.41, 5.74) is 4.25. The van der Waals surface area contributed by atoms with Crippen LogP contribution in [0.1, 0.15) is 12.8 Å². The second kappa shape index (κ2) is 2.56. The van der Waals surface area contributed by atoms with Gasteiger partial charge in [0, 0.05) is 6.54 Å². The Balaban J connectivity index is 2.47. The van der Waals surface area contributed by atoms with Crippen molar-refractivity contribution in [3.05, 3.63) is 0 Å². The number of amides is 1. The highest BCUT2D eigenvalue weighted by atomic mass is 16.3. The van der Waals surface area contributed by atoms with E-state index in [1.165, 1.54) is 4.90 Å². The van der Waals surface area contributed by atoms with Gasteiger partial charge in [-0.1, -0.05) is 0 Å².